The van der Waals surface area contributed by atoms with Crippen LogP contribution in [0.5, 0.6) is 0 Å². The molecule has 0 radical (unpaired) electrons. The molecule has 5 nitrogen and oxygen atoms in total. The Hall–Kier alpha value is -1.40. The predicted octanol–water partition coefficient (Wildman–Crippen LogP) is 1.66. The molecule has 92 valence electrons. The van der Waals surface area contributed by atoms with Gasteiger partial charge in [-0.2, -0.15) is 0 Å². The number of carboxylic acids is 1. The largest absolute Gasteiger partial charge is 0.481 e. The maximum Gasteiger partial charge on any atom is 0.303 e. The van der Waals surface area contributed by atoms with E-state index in [0.29, 0.717) is 13.0 Å². The number of fused-ring (bicyclic) bond motifs is 1. The van der Waals surface area contributed by atoms with Gasteiger partial charge < -0.3 is 10.4 Å². The van der Waals surface area contributed by atoms with Gasteiger partial charge in [0.15, 0.2) is 4.96 Å². The fourth-order valence-electron chi connectivity index (χ4n) is 1.73. The number of carbonyl (C=O) groups is 1. The number of thiazole rings is 1. The zero-order valence-electron chi connectivity index (χ0n) is 9.64. The number of rotatable bonds is 6. The maximum absolute atomic E-state index is 10.3. The van der Waals surface area contributed by atoms with Crippen LogP contribution < -0.4 is 5.32 Å². The van der Waals surface area contributed by atoms with Gasteiger partial charge in [-0.25, -0.2) is 4.98 Å². The summed E-state index contributed by atoms with van der Waals surface area (Å²) in [5, 5.41) is 13.8. The molecule has 0 atom stereocenters. The third-order valence-electron chi connectivity index (χ3n) is 2.60. The number of aliphatic carboxylic acids is 1. The van der Waals surface area contributed by atoms with Crippen LogP contribution in [0.25, 0.3) is 4.96 Å². The Labute approximate surface area is 103 Å². The molecule has 0 aliphatic carbocycles. The molecule has 2 aromatic rings. The zero-order chi connectivity index (χ0) is 12.3. The van der Waals surface area contributed by atoms with Crippen molar-refractivity contribution in [3.05, 3.63) is 23.0 Å². The molecule has 2 aromatic heterocycles. The van der Waals surface area contributed by atoms with E-state index in [1.54, 1.807) is 11.3 Å². The van der Waals surface area contributed by atoms with Gasteiger partial charge in [-0.1, -0.05) is 0 Å². The lowest BCUT2D eigenvalue weighted by molar-refractivity contribution is -0.137. The third kappa shape index (κ3) is 2.83. The standard InChI is InChI=1S/C11H15N3O2S/c1-8-9(7-12-4-2-3-10(15)16)14-5-6-17-11(14)13-8/h5-6,12H,2-4,7H2,1H3,(H,15,16). The molecule has 0 aliphatic heterocycles. The van der Waals surface area contributed by atoms with Gasteiger partial charge in [0.05, 0.1) is 11.4 Å². The highest BCUT2D eigenvalue weighted by molar-refractivity contribution is 7.15. The number of nitrogens with zero attached hydrogens (tertiary/aromatic N) is 2. The first kappa shape index (κ1) is 12.1. The quantitative estimate of drug-likeness (QED) is 0.768. The van der Waals surface area contributed by atoms with Crippen LogP contribution in [0.2, 0.25) is 0 Å². The van der Waals surface area contributed by atoms with Crippen LogP contribution >= 0.6 is 11.3 Å². The molecule has 0 aliphatic rings. The monoisotopic (exact) mass is 253 g/mol. The summed E-state index contributed by atoms with van der Waals surface area (Å²) in [6.07, 6.45) is 2.88. The number of aromatic nitrogens is 2. The summed E-state index contributed by atoms with van der Waals surface area (Å²) in [5.74, 6) is -0.743. The maximum atomic E-state index is 10.3. The van der Waals surface area contributed by atoms with Gasteiger partial charge in [-0.3, -0.25) is 9.20 Å². The summed E-state index contributed by atoms with van der Waals surface area (Å²) in [6.45, 7) is 3.43. The first-order chi connectivity index (χ1) is 8.18. The SMILES string of the molecule is Cc1nc2sccn2c1CNCCCC(=O)O. The molecule has 2 heterocycles. The van der Waals surface area contributed by atoms with Crippen molar-refractivity contribution in [2.75, 3.05) is 6.54 Å². The summed E-state index contributed by atoms with van der Waals surface area (Å²) in [7, 11) is 0. The molecule has 0 saturated heterocycles. The topological polar surface area (TPSA) is 66.6 Å². The lowest BCUT2D eigenvalue weighted by atomic mass is 10.3. The van der Waals surface area contributed by atoms with Crippen LogP contribution in [0.3, 0.4) is 0 Å². The van der Waals surface area contributed by atoms with Crippen molar-refractivity contribution in [3.8, 4) is 0 Å². The minimum Gasteiger partial charge on any atom is -0.481 e. The van der Waals surface area contributed by atoms with E-state index in [9.17, 15) is 4.79 Å². The van der Waals surface area contributed by atoms with E-state index in [0.717, 1.165) is 22.9 Å². The van der Waals surface area contributed by atoms with E-state index in [1.807, 2.05) is 18.5 Å². The zero-order valence-corrected chi connectivity index (χ0v) is 10.5. The number of carboxylic acid groups (broad SMARTS) is 1. The molecule has 17 heavy (non-hydrogen) atoms. The van der Waals surface area contributed by atoms with Gasteiger partial charge in [-0.15, -0.1) is 11.3 Å². The molecule has 0 spiro atoms. The molecule has 0 saturated carbocycles. The predicted molar refractivity (Wildman–Crippen MR) is 66.4 cm³/mol. The van der Waals surface area contributed by atoms with Crippen molar-refractivity contribution in [3.63, 3.8) is 0 Å². The Bertz CT molecular complexity index is 518. The van der Waals surface area contributed by atoms with Crippen molar-refractivity contribution in [2.24, 2.45) is 0 Å². The minimum atomic E-state index is -0.743. The lowest BCUT2D eigenvalue weighted by Crippen LogP contribution is -2.17. The number of hydrogen-bond acceptors (Lipinski definition) is 4. The Morgan fingerprint density at radius 1 is 1.65 bits per heavy atom. The van der Waals surface area contributed by atoms with Crippen LogP contribution in [0.4, 0.5) is 0 Å². The van der Waals surface area contributed by atoms with Crippen molar-refractivity contribution in [1.82, 2.24) is 14.7 Å². The highest BCUT2D eigenvalue weighted by Crippen LogP contribution is 2.16. The van der Waals surface area contributed by atoms with Crippen LogP contribution in [-0.4, -0.2) is 27.0 Å². The molecular weight excluding hydrogens is 238 g/mol. The fraction of sp³-hybridized carbons (Fsp3) is 0.455. The lowest BCUT2D eigenvalue weighted by Gasteiger charge is -2.03. The average Bonchev–Trinajstić information content (AvgIpc) is 2.80. The molecule has 0 amide bonds. The van der Waals surface area contributed by atoms with Gasteiger partial charge in [-0.05, 0) is 19.9 Å². The van der Waals surface area contributed by atoms with Gasteiger partial charge in [0.25, 0.3) is 0 Å². The number of imidazole rings is 1. The Morgan fingerprint density at radius 3 is 3.24 bits per heavy atom. The van der Waals surface area contributed by atoms with Crippen LogP contribution in [-0.2, 0) is 11.3 Å². The number of aryl methyl sites for hydroxylation is 1. The molecule has 6 heteroatoms. The minimum absolute atomic E-state index is 0.215. The molecule has 0 aromatic carbocycles. The Kier molecular flexibility index (Phi) is 3.75. The van der Waals surface area contributed by atoms with E-state index in [4.69, 9.17) is 5.11 Å². The van der Waals surface area contributed by atoms with E-state index in [-0.39, 0.29) is 6.42 Å². The highest BCUT2D eigenvalue weighted by Gasteiger charge is 2.08. The smallest absolute Gasteiger partial charge is 0.303 e. The Balaban J connectivity index is 1.88. The third-order valence-corrected chi connectivity index (χ3v) is 3.35. The van der Waals surface area contributed by atoms with Crippen LogP contribution in [0.1, 0.15) is 24.2 Å². The summed E-state index contributed by atoms with van der Waals surface area (Å²) in [5.41, 5.74) is 2.18. The summed E-state index contributed by atoms with van der Waals surface area (Å²) in [4.78, 5) is 15.8. The first-order valence-electron chi connectivity index (χ1n) is 5.52. The molecule has 0 fully saturated rings. The van der Waals surface area contributed by atoms with E-state index in [2.05, 4.69) is 14.7 Å². The van der Waals surface area contributed by atoms with Gasteiger partial charge >= 0.3 is 5.97 Å². The molecular formula is C11H15N3O2S. The van der Waals surface area contributed by atoms with Crippen molar-refractivity contribution in [2.45, 2.75) is 26.3 Å². The van der Waals surface area contributed by atoms with E-state index >= 15 is 0 Å². The Morgan fingerprint density at radius 2 is 2.47 bits per heavy atom. The normalized spacial score (nSPS) is 11.1. The summed E-state index contributed by atoms with van der Waals surface area (Å²) < 4.78 is 2.07. The van der Waals surface area contributed by atoms with E-state index in [1.165, 1.54) is 0 Å². The first-order valence-corrected chi connectivity index (χ1v) is 6.40. The van der Waals surface area contributed by atoms with Crippen LogP contribution in [0, 0.1) is 6.92 Å². The van der Waals surface area contributed by atoms with Crippen molar-refractivity contribution < 1.29 is 9.90 Å². The molecule has 2 rings (SSSR count). The fourth-order valence-corrected chi connectivity index (χ4v) is 2.50. The molecule has 2 N–H and O–H groups in total. The van der Waals surface area contributed by atoms with Crippen LogP contribution in [0.15, 0.2) is 11.6 Å². The van der Waals surface area contributed by atoms with Crippen molar-refractivity contribution >= 4 is 22.3 Å². The number of hydrogen-bond donors (Lipinski definition) is 2. The van der Waals surface area contributed by atoms with Gasteiger partial charge in [0.1, 0.15) is 0 Å². The second-order valence-electron chi connectivity index (χ2n) is 3.87. The average molecular weight is 253 g/mol. The highest BCUT2D eigenvalue weighted by atomic mass is 32.1. The summed E-state index contributed by atoms with van der Waals surface area (Å²) in [6, 6.07) is 0. The number of nitrogens with one attached hydrogen (secondary N) is 1. The van der Waals surface area contributed by atoms with E-state index < -0.39 is 5.97 Å². The van der Waals surface area contributed by atoms with Gasteiger partial charge in [0.2, 0.25) is 0 Å². The second kappa shape index (κ2) is 5.29. The molecule has 0 unspecified atom stereocenters. The van der Waals surface area contributed by atoms with Gasteiger partial charge in [0, 0.05) is 24.5 Å². The summed E-state index contributed by atoms with van der Waals surface area (Å²) >= 11 is 1.62. The second-order valence-corrected chi connectivity index (χ2v) is 4.75. The van der Waals surface area contributed by atoms with Crippen molar-refractivity contribution in [1.29, 1.82) is 0 Å². The molecule has 0 bridgehead atoms.